The molecule has 2 aromatic rings. The largest absolute Gasteiger partial charge is 0.355 e. The van der Waals surface area contributed by atoms with E-state index in [9.17, 15) is 4.79 Å². The van der Waals surface area contributed by atoms with Crippen LogP contribution in [-0.2, 0) is 24.2 Å². The first-order chi connectivity index (χ1) is 11.6. The summed E-state index contributed by atoms with van der Waals surface area (Å²) in [5.74, 6) is 0.115. The molecule has 0 spiro atoms. The molecule has 0 aliphatic carbocycles. The second-order valence-electron chi connectivity index (χ2n) is 6.48. The van der Waals surface area contributed by atoms with Crippen molar-refractivity contribution in [3.8, 4) is 0 Å². The Hall–Kier alpha value is -1.84. The van der Waals surface area contributed by atoms with Crippen molar-refractivity contribution in [2.45, 2.75) is 31.8 Å². The molecular formula is C20H23ClN2O. The lowest BCUT2D eigenvalue weighted by atomic mass is 9.94. The summed E-state index contributed by atoms with van der Waals surface area (Å²) in [4.78, 5) is 14.4. The molecule has 0 aromatic heterocycles. The van der Waals surface area contributed by atoms with Crippen molar-refractivity contribution in [3.63, 3.8) is 0 Å². The zero-order chi connectivity index (χ0) is 16.9. The molecule has 0 radical (unpaired) electrons. The Labute approximate surface area is 148 Å². The molecule has 0 fully saturated rings. The summed E-state index contributed by atoms with van der Waals surface area (Å²) in [5, 5.41) is 3.87. The molecule has 1 N–H and O–H groups in total. The van der Waals surface area contributed by atoms with Gasteiger partial charge in [0, 0.05) is 30.6 Å². The van der Waals surface area contributed by atoms with E-state index in [2.05, 4.69) is 35.5 Å². The Morgan fingerprint density at radius 3 is 2.79 bits per heavy atom. The molecule has 1 aliphatic rings. The Morgan fingerprint density at radius 1 is 1.21 bits per heavy atom. The molecule has 2 aromatic carbocycles. The number of halogens is 1. The van der Waals surface area contributed by atoms with Gasteiger partial charge in [0.1, 0.15) is 0 Å². The number of hydrogen-bond acceptors (Lipinski definition) is 2. The van der Waals surface area contributed by atoms with Crippen LogP contribution in [0.25, 0.3) is 0 Å². The van der Waals surface area contributed by atoms with Gasteiger partial charge in [0.2, 0.25) is 5.91 Å². The van der Waals surface area contributed by atoms with Crippen LogP contribution in [0.2, 0.25) is 5.02 Å². The lowest BCUT2D eigenvalue weighted by molar-refractivity contribution is -0.121. The third-order valence-electron chi connectivity index (χ3n) is 4.69. The van der Waals surface area contributed by atoms with E-state index < -0.39 is 0 Å². The van der Waals surface area contributed by atoms with Gasteiger partial charge in [0.25, 0.3) is 0 Å². The highest BCUT2D eigenvalue weighted by atomic mass is 35.5. The van der Waals surface area contributed by atoms with Gasteiger partial charge >= 0.3 is 0 Å². The van der Waals surface area contributed by atoms with E-state index in [1.165, 1.54) is 16.7 Å². The zero-order valence-electron chi connectivity index (χ0n) is 14.0. The Morgan fingerprint density at radius 2 is 2.00 bits per heavy atom. The maximum atomic E-state index is 12.1. The topological polar surface area (TPSA) is 32.3 Å². The lowest BCUT2D eigenvalue weighted by Gasteiger charge is -2.34. The summed E-state index contributed by atoms with van der Waals surface area (Å²) in [6, 6.07) is 16.5. The van der Waals surface area contributed by atoms with Gasteiger partial charge in [0.05, 0.1) is 0 Å². The Bertz CT molecular complexity index is 702. The lowest BCUT2D eigenvalue weighted by Crippen LogP contribution is -2.45. The van der Waals surface area contributed by atoms with Crippen molar-refractivity contribution < 1.29 is 4.79 Å². The maximum Gasteiger partial charge on any atom is 0.220 e. The summed E-state index contributed by atoms with van der Waals surface area (Å²) in [7, 11) is 2.11. The highest BCUT2D eigenvalue weighted by molar-refractivity contribution is 6.30. The number of aryl methyl sites for hydroxylation is 1. The normalized spacial score (nSPS) is 17.3. The van der Waals surface area contributed by atoms with E-state index in [4.69, 9.17) is 11.6 Å². The number of rotatable bonds is 5. The summed E-state index contributed by atoms with van der Waals surface area (Å²) < 4.78 is 0. The number of fused-ring (bicyclic) bond motifs is 1. The van der Waals surface area contributed by atoms with E-state index >= 15 is 0 Å². The molecule has 24 heavy (non-hydrogen) atoms. The fourth-order valence-electron chi connectivity index (χ4n) is 3.20. The zero-order valence-corrected chi connectivity index (χ0v) is 14.7. The minimum atomic E-state index is 0.115. The number of carbonyl (C=O) groups is 1. The van der Waals surface area contributed by atoms with Gasteiger partial charge in [-0.2, -0.15) is 0 Å². The monoisotopic (exact) mass is 342 g/mol. The van der Waals surface area contributed by atoms with Gasteiger partial charge in [-0.1, -0.05) is 48.0 Å². The molecule has 1 amide bonds. The van der Waals surface area contributed by atoms with Crippen LogP contribution in [0.1, 0.15) is 23.1 Å². The number of benzene rings is 2. The number of likely N-dealkylation sites (N-methyl/N-ethyl adjacent to an activating group) is 1. The van der Waals surface area contributed by atoms with Crippen LogP contribution in [0.15, 0.2) is 48.5 Å². The van der Waals surface area contributed by atoms with Crippen LogP contribution in [0, 0.1) is 0 Å². The quantitative estimate of drug-likeness (QED) is 0.902. The minimum absolute atomic E-state index is 0.115. The van der Waals surface area contributed by atoms with Crippen molar-refractivity contribution in [3.05, 3.63) is 70.2 Å². The second kappa shape index (κ2) is 7.82. The van der Waals surface area contributed by atoms with Gasteiger partial charge in [-0.15, -0.1) is 0 Å². The van der Waals surface area contributed by atoms with E-state index in [0.717, 1.165) is 24.4 Å². The van der Waals surface area contributed by atoms with Crippen molar-refractivity contribution in [2.75, 3.05) is 13.6 Å². The third-order valence-corrected chi connectivity index (χ3v) is 4.92. The molecule has 3 rings (SSSR count). The molecule has 0 bridgehead atoms. The third kappa shape index (κ3) is 4.37. The predicted octanol–water partition coefficient (Wildman–Crippen LogP) is 3.45. The summed E-state index contributed by atoms with van der Waals surface area (Å²) in [5.41, 5.74) is 3.82. The van der Waals surface area contributed by atoms with Crippen molar-refractivity contribution in [1.29, 1.82) is 0 Å². The van der Waals surface area contributed by atoms with Gasteiger partial charge in [0.15, 0.2) is 0 Å². The molecule has 1 heterocycles. The molecular weight excluding hydrogens is 320 g/mol. The van der Waals surface area contributed by atoms with Crippen molar-refractivity contribution >= 4 is 17.5 Å². The van der Waals surface area contributed by atoms with Gasteiger partial charge in [-0.05, 0) is 48.7 Å². The number of nitrogens with zero attached hydrogens (tertiary/aromatic N) is 1. The average molecular weight is 343 g/mol. The molecule has 1 aliphatic heterocycles. The van der Waals surface area contributed by atoms with Gasteiger partial charge in [-0.3, -0.25) is 9.69 Å². The highest BCUT2D eigenvalue weighted by Gasteiger charge is 2.23. The number of carbonyl (C=O) groups excluding carboxylic acids is 1. The fraction of sp³-hybridized carbons (Fsp3) is 0.350. The smallest absolute Gasteiger partial charge is 0.220 e. The van der Waals surface area contributed by atoms with Crippen LogP contribution in [-0.4, -0.2) is 30.4 Å². The number of hydrogen-bond donors (Lipinski definition) is 1. The Kier molecular flexibility index (Phi) is 5.54. The molecule has 0 unspecified atom stereocenters. The summed E-state index contributed by atoms with van der Waals surface area (Å²) in [6.07, 6.45) is 2.24. The first kappa shape index (κ1) is 17.0. The summed E-state index contributed by atoms with van der Waals surface area (Å²) >= 11 is 6.10. The van der Waals surface area contributed by atoms with Crippen molar-refractivity contribution in [2.24, 2.45) is 0 Å². The van der Waals surface area contributed by atoms with Gasteiger partial charge < -0.3 is 5.32 Å². The van der Waals surface area contributed by atoms with E-state index in [-0.39, 0.29) is 5.91 Å². The van der Waals surface area contributed by atoms with Crippen LogP contribution in [0.3, 0.4) is 0 Å². The molecule has 1 atom stereocenters. The predicted molar refractivity (Wildman–Crippen MR) is 98.2 cm³/mol. The summed E-state index contributed by atoms with van der Waals surface area (Å²) in [6.45, 7) is 1.58. The molecule has 0 saturated carbocycles. The Balaban J connectivity index is 1.50. The average Bonchev–Trinajstić information content (AvgIpc) is 2.59. The molecule has 4 heteroatoms. The van der Waals surface area contributed by atoms with E-state index in [1.807, 2.05) is 30.3 Å². The maximum absolute atomic E-state index is 12.1. The van der Waals surface area contributed by atoms with E-state index in [0.29, 0.717) is 19.0 Å². The minimum Gasteiger partial charge on any atom is -0.355 e. The van der Waals surface area contributed by atoms with Crippen LogP contribution >= 0.6 is 11.6 Å². The van der Waals surface area contributed by atoms with Crippen LogP contribution in [0.4, 0.5) is 0 Å². The van der Waals surface area contributed by atoms with Crippen LogP contribution in [0.5, 0.6) is 0 Å². The fourth-order valence-corrected chi connectivity index (χ4v) is 3.39. The van der Waals surface area contributed by atoms with Gasteiger partial charge in [-0.25, -0.2) is 0 Å². The second-order valence-corrected chi connectivity index (χ2v) is 6.91. The molecule has 126 valence electrons. The highest BCUT2D eigenvalue weighted by Crippen LogP contribution is 2.24. The first-order valence-corrected chi connectivity index (χ1v) is 8.78. The SMILES string of the molecule is CN1Cc2ccc(Cl)cc2C[C@H]1CNC(=O)CCc1ccccc1. The standard InChI is InChI=1S/C20H23ClN2O/c1-23-14-16-8-9-18(21)11-17(16)12-19(23)13-22-20(24)10-7-15-5-3-2-4-6-15/h2-6,8-9,11,19H,7,10,12-14H2,1H3,(H,22,24)/t19-/m0/s1. The first-order valence-electron chi connectivity index (χ1n) is 8.40. The molecule has 3 nitrogen and oxygen atoms in total. The van der Waals surface area contributed by atoms with Crippen molar-refractivity contribution in [1.82, 2.24) is 10.2 Å². The number of amides is 1. The number of nitrogens with one attached hydrogen (secondary N) is 1. The van der Waals surface area contributed by atoms with E-state index in [1.54, 1.807) is 0 Å². The molecule has 0 saturated heterocycles. The van der Waals surface area contributed by atoms with Crippen LogP contribution < -0.4 is 5.32 Å².